The minimum atomic E-state index is -0.419. The summed E-state index contributed by atoms with van der Waals surface area (Å²) in [6.45, 7) is 11.0. The van der Waals surface area contributed by atoms with Crippen molar-refractivity contribution in [2.24, 2.45) is 5.92 Å². The van der Waals surface area contributed by atoms with Gasteiger partial charge in [0.1, 0.15) is 5.75 Å². The first-order valence-electron chi connectivity index (χ1n) is 6.33. The van der Waals surface area contributed by atoms with Gasteiger partial charge in [-0.2, -0.15) is 0 Å². The topological polar surface area (TPSA) is 29.5 Å². The fourth-order valence-electron chi connectivity index (χ4n) is 1.85. The molecule has 1 N–H and O–H groups in total. The van der Waals surface area contributed by atoms with Gasteiger partial charge in [-0.25, -0.2) is 0 Å². The number of hydrogen-bond acceptors (Lipinski definition) is 2. The number of aliphatic hydroxyl groups excluding tert-OH is 1. The lowest BCUT2D eigenvalue weighted by molar-refractivity contribution is 0.199. The number of aryl methyl sites for hydroxylation is 2. The summed E-state index contributed by atoms with van der Waals surface area (Å²) in [5.41, 5.74) is 3.16. The van der Waals surface area contributed by atoms with E-state index < -0.39 is 6.10 Å². The predicted octanol–water partition coefficient (Wildman–Crippen LogP) is 3.78. The average molecular weight is 236 g/mol. The van der Waals surface area contributed by atoms with E-state index in [9.17, 15) is 5.11 Å². The van der Waals surface area contributed by atoms with Gasteiger partial charge in [0, 0.05) is 0 Å². The normalized spacial score (nSPS) is 12.9. The van der Waals surface area contributed by atoms with Gasteiger partial charge in [-0.15, -0.1) is 0 Å². The van der Waals surface area contributed by atoms with E-state index in [2.05, 4.69) is 13.8 Å². The maximum absolute atomic E-state index is 9.57. The molecule has 0 aliphatic carbocycles. The fraction of sp³-hybridized carbons (Fsp3) is 0.600. The molecular formula is C15H24O2. The second-order valence-corrected chi connectivity index (χ2v) is 5.19. The van der Waals surface area contributed by atoms with Crippen molar-refractivity contribution in [3.8, 4) is 5.75 Å². The molecule has 17 heavy (non-hydrogen) atoms. The lowest BCUT2D eigenvalue weighted by Crippen LogP contribution is -2.05. The smallest absolute Gasteiger partial charge is 0.125 e. The minimum absolute atomic E-state index is 0.419. The maximum Gasteiger partial charge on any atom is 0.125 e. The molecule has 0 radical (unpaired) electrons. The van der Waals surface area contributed by atoms with E-state index in [1.165, 1.54) is 0 Å². The van der Waals surface area contributed by atoms with Crippen LogP contribution >= 0.6 is 0 Å². The molecule has 2 heteroatoms. The van der Waals surface area contributed by atoms with Crippen molar-refractivity contribution < 1.29 is 9.84 Å². The molecule has 0 unspecified atom stereocenters. The molecule has 0 saturated heterocycles. The molecule has 2 nitrogen and oxygen atoms in total. The van der Waals surface area contributed by atoms with Crippen LogP contribution in [-0.4, -0.2) is 11.7 Å². The highest BCUT2D eigenvalue weighted by atomic mass is 16.5. The highest BCUT2D eigenvalue weighted by Crippen LogP contribution is 2.27. The highest BCUT2D eigenvalue weighted by molar-refractivity contribution is 5.43. The molecule has 0 aliphatic rings. The molecule has 0 fully saturated rings. The lowest BCUT2D eigenvalue weighted by Gasteiger charge is -2.15. The third-order valence-corrected chi connectivity index (χ3v) is 2.91. The first kappa shape index (κ1) is 14.0. The molecule has 0 heterocycles. The van der Waals surface area contributed by atoms with Crippen molar-refractivity contribution in [3.63, 3.8) is 0 Å². The zero-order valence-electron chi connectivity index (χ0n) is 11.6. The summed E-state index contributed by atoms with van der Waals surface area (Å²) in [7, 11) is 0. The van der Waals surface area contributed by atoms with Crippen LogP contribution in [0.25, 0.3) is 0 Å². The summed E-state index contributed by atoms with van der Waals surface area (Å²) < 4.78 is 5.83. The molecule has 0 amide bonds. The first-order chi connectivity index (χ1) is 7.91. The van der Waals surface area contributed by atoms with Gasteiger partial charge >= 0.3 is 0 Å². The van der Waals surface area contributed by atoms with Crippen LogP contribution in [-0.2, 0) is 0 Å². The van der Waals surface area contributed by atoms with Crippen LogP contribution in [0.2, 0.25) is 0 Å². The second kappa shape index (κ2) is 6.06. The standard InChI is InChI=1S/C15H24O2/c1-10(2)6-7-17-15-11(3)8-14(13(5)16)9-12(15)4/h8-10,13,16H,6-7H2,1-5H3/t13-/m0/s1. The van der Waals surface area contributed by atoms with Gasteiger partial charge in [0.05, 0.1) is 12.7 Å². The van der Waals surface area contributed by atoms with Crippen molar-refractivity contribution in [3.05, 3.63) is 28.8 Å². The van der Waals surface area contributed by atoms with Crippen LogP contribution in [0.5, 0.6) is 5.75 Å². The van der Waals surface area contributed by atoms with E-state index in [-0.39, 0.29) is 0 Å². The highest BCUT2D eigenvalue weighted by Gasteiger charge is 2.09. The molecule has 1 rings (SSSR count). The van der Waals surface area contributed by atoms with Crippen LogP contribution in [0.4, 0.5) is 0 Å². The third-order valence-electron chi connectivity index (χ3n) is 2.91. The lowest BCUT2D eigenvalue weighted by atomic mass is 10.0. The molecule has 0 spiro atoms. The van der Waals surface area contributed by atoms with Gasteiger partial charge in [-0.1, -0.05) is 13.8 Å². The number of hydrogen-bond donors (Lipinski definition) is 1. The molecule has 0 aliphatic heterocycles. The predicted molar refractivity (Wildman–Crippen MR) is 71.5 cm³/mol. The Balaban J connectivity index is 2.79. The quantitative estimate of drug-likeness (QED) is 0.843. The van der Waals surface area contributed by atoms with Crippen molar-refractivity contribution in [1.29, 1.82) is 0 Å². The van der Waals surface area contributed by atoms with E-state index >= 15 is 0 Å². The Morgan fingerprint density at radius 3 is 2.06 bits per heavy atom. The van der Waals surface area contributed by atoms with Crippen LogP contribution in [0.3, 0.4) is 0 Å². The first-order valence-corrected chi connectivity index (χ1v) is 6.33. The number of ether oxygens (including phenoxy) is 1. The number of benzene rings is 1. The Morgan fingerprint density at radius 2 is 1.65 bits per heavy atom. The van der Waals surface area contributed by atoms with Crippen molar-refractivity contribution >= 4 is 0 Å². The van der Waals surface area contributed by atoms with Crippen molar-refractivity contribution in [1.82, 2.24) is 0 Å². The van der Waals surface area contributed by atoms with Crippen molar-refractivity contribution in [2.75, 3.05) is 6.61 Å². The molecule has 96 valence electrons. The van der Waals surface area contributed by atoms with E-state index in [4.69, 9.17) is 4.74 Å². The second-order valence-electron chi connectivity index (χ2n) is 5.19. The largest absolute Gasteiger partial charge is 0.493 e. The molecular weight excluding hydrogens is 212 g/mol. The zero-order chi connectivity index (χ0) is 13.0. The summed E-state index contributed by atoms with van der Waals surface area (Å²) in [6, 6.07) is 4.00. The van der Waals surface area contributed by atoms with Crippen LogP contribution in [0.15, 0.2) is 12.1 Å². The van der Waals surface area contributed by atoms with Gasteiger partial charge in [0.25, 0.3) is 0 Å². The van der Waals surface area contributed by atoms with Crippen LogP contribution in [0, 0.1) is 19.8 Å². The van der Waals surface area contributed by atoms with Crippen LogP contribution in [0.1, 0.15) is 50.0 Å². The van der Waals surface area contributed by atoms with Gasteiger partial charge < -0.3 is 9.84 Å². The SMILES string of the molecule is Cc1cc([C@H](C)O)cc(C)c1OCCC(C)C. The van der Waals surface area contributed by atoms with E-state index in [0.717, 1.165) is 35.5 Å². The van der Waals surface area contributed by atoms with Gasteiger partial charge in [-0.05, 0) is 61.9 Å². The summed E-state index contributed by atoms with van der Waals surface area (Å²) in [6.07, 6.45) is 0.647. The van der Waals surface area contributed by atoms with E-state index in [1.807, 2.05) is 26.0 Å². The zero-order valence-corrected chi connectivity index (χ0v) is 11.6. The van der Waals surface area contributed by atoms with Crippen molar-refractivity contribution in [2.45, 2.75) is 47.1 Å². The van der Waals surface area contributed by atoms with E-state index in [1.54, 1.807) is 6.92 Å². The Labute approximate surface area is 105 Å². The Morgan fingerprint density at radius 1 is 1.12 bits per heavy atom. The van der Waals surface area contributed by atoms with Gasteiger partial charge in [-0.3, -0.25) is 0 Å². The summed E-state index contributed by atoms with van der Waals surface area (Å²) in [5.74, 6) is 1.63. The molecule has 1 aromatic carbocycles. The molecule has 1 atom stereocenters. The Hall–Kier alpha value is -1.02. The number of rotatable bonds is 5. The van der Waals surface area contributed by atoms with Gasteiger partial charge in [0.15, 0.2) is 0 Å². The van der Waals surface area contributed by atoms with Crippen LogP contribution < -0.4 is 4.74 Å². The third kappa shape index (κ3) is 4.04. The summed E-state index contributed by atoms with van der Waals surface area (Å²) in [4.78, 5) is 0. The van der Waals surface area contributed by atoms with Gasteiger partial charge in [0.2, 0.25) is 0 Å². The Kier molecular flexibility index (Phi) is 5.01. The number of aliphatic hydroxyl groups is 1. The maximum atomic E-state index is 9.57. The molecule has 0 saturated carbocycles. The summed E-state index contributed by atoms with van der Waals surface area (Å²) >= 11 is 0. The minimum Gasteiger partial charge on any atom is -0.493 e. The average Bonchev–Trinajstić information content (AvgIpc) is 2.21. The molecule has 0 bridgehead atoms. The molecule has 1 aromatic rings. The monoisotopic (exact) mass is 236 g/mol. The summed E-state index contributed by atoms with van der Waals surface area (Å²) in [5, 5.41) is 9.57. The fourth-order valence-corrected chi connectivity index (χ4v) is 1.85. The molecule has 0 aromatic heterocycles. The Bertz CT molecular complexity index is 344. The van der Waals surface area contributed by atoms with E-state index in [0.29, 0.717) is 5.92 Å².